The monoisotopic (exact) mass is 494 g/mol. The number of ether oxygens (including phenoxy) is 2. The Morgan fingerprint density at radius 2 is 2.08 bits per heavy atom. The predicted octanol–water partition coefficient (Wildman–Crippen LogP) is 2.33. The molecule has 0 bridgehead atoms. The molecule has 0 saturated carbocycles. The molecule has 0 aromatic carbocycles. The van der Waals surface area contributed by atoms with Crippen LogP contribution in [0.1, 0.15) is 24.8 Å². The van der Waals surface area contributed by atoms with E-state index in [-0.39, 0.29) is 29.4 Å². The Morgan fingerprint density at radius 3 is 2.65 bits per heavy atom. The smallest absolute Gasteiger partial charge is 0.191 e. The van der Waals surface area contributed by atoms with Crippen LogP contribution in [0.2, 0.25) is 0 Å². The number of morpholine rings is 1. The number of thiophene rings is 1. The van der Waals surface area contributed by atoms with Gasteiger partial charge in [0.25, 0.3) is 0 Å². The highest BCUT2D eigenvalue weighted by Gasteiger charge is 2.33. The summed E-state index contributed by atoms with van der Waals surface area (Å²) in [4.78, 5) is 8.68. The average molecular weight is 494 g/mol. The van der Waals surface area contributed by atoms with E-state index in [1.165, 1.54) is 4.88 Å². The zero-order valence-corrected chi connectivity index (χ0v) is 18.8. The Balaban J connectivity index is 0.00000243. The van der Waals surface area contributed by atoms with Gasteiger partial charge in [-0.3, -0.25) is 9.89 Å². The fourth-order valence-corrected chi connectivity index (χ4v) is 3.99. The molecule has 2 N–H and O–H groups in total. The van der Waals surface area contributed by atoms with Gasteiger partial charge in [-0.05, 0) is 18.4 Å². The minimum atomic E-state index is 0. The summed E-state index contributed by atoms with van der Waals surface area (Å²) < 4.78 is 10.8. The third-order valence-corrected chi connectivity index (χ3v) is 5.66. The Labute approximate surface area is 177 Å². The standard InChI is InChI=1S/C18H30N4O2S.HI/c1-3-19-17(21-12-18(2)13-24-14-18)20-11-15(16-5-4-10-25-16)22-6-8-23-9-7-22;/h4-5,10,15H,3,6-9,11-14H2,1-2H3,(H2,19,20,21);1H. The van der Waals surface area contributed by atoms with Crippen molar-refractivity contribution in [2.75, 3.05) is 59.2 Å². The minimum Gasteiger partial charge on any atom is -0.380 e. The first-order valence-corrected chi connectivity index (χ1v) is 10.0. The highest BCUT2D eigenvalue weighted by molar-refractivity contribution is 14.0. The maximum Gasteiger partial charge on any atom is 0.191 e. The number of guanidine groups is 1. The van der Waals surface area contributed by atoms with Gasteiger partial charge < -0.3 is 20.1 Å². The largest absolute Gasteiger partial charge is 0.380 e. The van der Waals surface area contributed by atoms with Crippen LogP contribution in [-0.4, -0.2) is 70.0 Å². The van der Waals surface area contributed by atoms with Crippen molar-refractivity contribution in [2.45, 2.75) is 19.9 Å². The first-order chi connectivity index (χ1) is 12.2. The van der Waals surface area contributed by atoms with Crippen molar-refractivity contribution in [1.82, 2.24) is 15.5 Å². The first-order valence-electron chi connectivity index (χ1n) is 9.15. The SMILES string of the molecule is CCNC(=NCC1(C)COC1)NCC(c1cccs1)N1CCOCC1.I. The summed E-state index contributed by atoms with van der Waals surface area (Å²) in [6.07, 6.45) is 0. The molecule has 0 amide bonds. The highest BCUT2D eigenvalue weighted by atomic mass is 127. The van der Waals surface area contributed by atoms with Crippen molar-refractivity contribution in [3.63, 3.8) is 0 Å². The van der Waals surface area contributed by atoms with Gasteiger partial charge in [0.15, 0.2) is 5.96 Å². The molecule has 0 spiro atoms. The van der Waals surface area contributed by atoms with Gasteiger partial charge in [0, 0.05) is 36.5 Å². The van der Waals surface area contributed by atoms with E-state index in [2.05, 4.69) is 46.9 Å². The normalized spacial score (nSPS) is 21.4. The molecule has 1 atom stereocenters. The van der Waals surface area contributed by atoms with Gasteiger partial charge in [-0.1, -0.05) is 13.0 Å². The van der Waals surface area contributed by atoms with Crippen molar-refractivity contribution in [2.24, 2.45) is 10.4 Å². The summed E-state index contributed by atoms with van der Waals surface area (Å²) in [7, 11) is 0. The lowest BCUT2D eigenvalue weighted by atomic mass is 9.89. The van der Waals surface area contributed by atoms with Gasteiger partial charge in [-0.25, -0.2) is 0 Å². The van der Waals surface area contributed by atoms with Crippen molar-refractivity contribution < 1.29 is 9.47 Å². The molecule has 1 aromatic rings. The number of rotatable bonds is 7. The summed E-state index contributed by atoms with van der Waals surface area (Å²) in [5.41, 5.74) is 0.194. The van der Waals surface area contributed by atoms with Gasteiger partial charge in [0.1, 0.15) is 0 Å². The van der Waals surface area contributed by atoms with Crippen LogP contribution in [0.5, 0.6) is 0 Å². The quantitative estimate of drug-likeness (QED) is 0.346. The Hall–Kier alpha value is -0.420. The molecule has 8 heteroatoms. The van der Waals surface area contributed by atoms with Crippen LogP contribution < -0.4 is 10.6 Å². The number of hydrogen-bond acceptors (Lipinski definition) is 5. The summed E-state index contributed by atoms with van der Waals surface area (Å²) in [6.45, 7) is 12.0. The number of aliphatic imine (C=N–C) groups is 1. The van der Waals surface area contributed by atoms with Crippen molar-refractivity contribution >= 4 is 41.3 Å². The number of hydrogen-bond donors (Lipinski definition) is 2. The third kappa shape index (κ3) is 6.05. The second kappa shape index (κ2) is 10.8. The molecule has 0 radical (unpaired) electrons. The van der Waals surface area contributed by atoms with Crippen molar-refractivity contribution in [1.29, 1.82) is 0 Å². The molecule has 3 heterocycles. The number of nitrogens with zero attached hydrogens (tertiary/aromatic N) is 2. The van der Waals surface area contributed by atoms with E-state index in [0.29, 0.717) is 6.04 Å². The summed E-state index contributed by atoms with van der Waals surface area (Å²) in [5.74, 6) is 0.894. The third-order valence-electron chi connectivity index (χ3n) is 4.69. The summed E-state index contributed by atoms with van der Waals surface area (Å²) in [5, 5.41) is 9.07. The average Bonchev–Trinajstić information content (AvgIpc) is 3.13. The Morgan fingerprint density at radius 1 is 1.31 bits per heavy atom. The molecule has 2 fully saturated rings. The molecule has 0 aliphatic carbocycles. The lowest BCUT2D eigenvalue weighted by molar-refractivity contribution is -0.0945. The Bertz CT molecular complexity index is 545. The fraction of sp³-hybridized carbons (Fsp3) is 0.722. The molecular weight excluding hydrogens is 463 g/mol. The lowest BCUT2D eigenvalue weighted by Gasteiger charge is -2.37. The molecule has 26 heavy (non-hydrogen) atoms. The van der Waals surface area contributed by atoms with Gasteiger partial charge in [0.2, 0.25) is 0 Å². The van der Waals surface area contributed by atoms with E-state index in [4.69, 9.17) is 14.5 Å². The zero-order valence-electron chi connectivity index (χ0n) is 15.7. The number of halogens is 1. The van der Waals surface area contributed by atoms with E-state index >= 15 is 0 Å². The second-order valence-corrected chi connectivity index (χ2v) is 8.04. The van der Waals surface area contributed by atoms with Crippen molar-refractivity contribution in [3.05, 3.63) is 22.4 Å². The molecule has 3 rings (SSSR count). The van der Waals surface area contributed by atoms with Crippen molar-refractivity contribution in [3.8, 4) is 0 Å². The first kappa shape index (κ1) is 21.9. The van der Waals surface area contributed by atoms with Crippen LogP contribution in [-0.2, 0) is 9.47 Å². The van der Waals surface area contributed by atoms with Gasteiger partial charge >= 0.3 is 0 Å². The zero-order chi connectivity index (χ0) is 17.5. The molecule has 2 saturated heterocycles. The van der Waals surface area contributed by atoms with Crippen LogP contribution in [0.15, 0.2) is 22.5 Å². The Kier molecular flexibility index (Phi) is 9.08. The second-order valence-electron chi connectivity index (χ2n) is 7.06. The molecule has 1 unspecified atom stereocenters. The summed E-state index contributed by atoms with van der Waals surface area (Å²) >= 11 is 1.82. The van der Waals surface area contributed by atoms with Crippen LogP contribution in [0.3, 0.4) is 0 Å². The van der Waals surface area contributed by atoms with Gasteiger partial charge in [-0.2, -0.15) is 0 Å². The molecule has 6 nitrogen and oxygen atoms in total. The topological polar surface area (TPSA) is 58.1 Å². The molecule has 1 aromatic heterocycles. The van der Waals surface area contributed by atoms with Crippen LogP contribution in [0.25, 0.3) is 0 Å². The van der Waals surface area contributed by atoms with E-state index in [9.17, 15) is 0 Å². The van der Waals surface area contributed by atoms with E-state index < -0.39 is 0 Å². The number of nitrogens with one attached hydrogen (secondary N) is 2. The summed E-state index contributed by atoms with van der Waals surface area (Å²) in [6, 6.07) is 4.71. The van der Waals surface area contributed by atoms with E-state index in [1.54, 1.807) is 0 Å². The highest BCUT2D eigenvalue weighted by Crippen LogP contribution is 2.27. The maximum absolute atomic E-state index is 5.52. The van der Waals surface area contributed by atoms with Crippen LogP contribution >= 0.6 is 35.3 Å². The predicted molar refractivity (Wildman–Crippen MR) is 118 cm³/mol. The fourth-order valence-electron chi connectivity index (χ4n) is 3.13. The minimum absolute atomic E-state index is 0. The maximum atomic E-state index is 5.52. The van der Waals surface area contributed by atoms with Gasteiger partial charge in [-0.15, -0.1) is 35.3 Å². The van der Waals surface area contributed by atoms with Gasteiger partial charge in [0.05, 0.1) is 39.0 Å². The molecule has 2 aliphatic heterocycles. The molecule has 148 valence electrons. The molecule has 2 aliphatic rings. The van der Waals surface area contributed by atoms with Crippen LogP contribution in [0.4, 0.5) is 0 Å². The molecular formula is C18H31IN4O2S. The van der Waals surface area contributed by atoms with E-state index in [1.807, 2.05) is 11.3 Å². The lowest BCUT2D eigenvalue weighted by Crippen LogP contribution is -2.47. The van der Waals surface area contributed by atoms with Crippen LogP contribution in [0, 0.1) is 5.41 Å². The van der Waals surface area contributed by atoms with E-state index in [0.717, 1.165) is 65.1 Å².